The van der Waals surface area contributed by atoms with Gasteiger partial charge in [0.2, 0.25) is 0 Å². The number of aromatic nitrogens is 1. The van der Waals surface area contributed by atoms with Crippen molar-refractivity contribution < 1.29 is 9.90 Å². The van der Waals surface area contributed by atoms with E-state index in [1.165, 1.54) is 4.90 Å². The van der Waals surface area contributed by atoms with Gasteiger partial charge in [0.15, 0.2) is 5.69 Å². The molecule has 0 aliphatic carbocycles. The van der Waals surface area contributed by atoms with Gasteiger partial charge in [-0.15, -0.1) is 0 Å². The number of nitrogens with zero attached hydrogens (tertiary/aromatic N) is 5. The fourth-order valence-electron chi connectivity index (χ4n) is 2.07. The lowest BCUT2D eigenvalue weighted by Crippen LogP contribution is -2.33. The van der Waals surface area contributed by atoms with Crippen molar-refractivity contribution >= 4 is 23.7 Å². The van der Waals surface area contributed by atoms with Crippen molar-refractivity contribution in [1.29, 1.82) is 5.26 Å². The topological polar surface area (TPSA) is 92.8 Å². The van der Waals surface area contributed by atoms with E-state index >= 15 is 0 Å². The summed E-state index contributed by atoms with van der Waals surface area (Å²) in [4.78, 5) is 22.5. The summed E-state index contributed by atoms with van der Waals surface area (Å²) >= 11 is 0. The lowest BCUT2D eigenvalue weighted by molar-refractivity contribution is 0.150. The zero-order chi connectivity index (χ0) is 16.1. The number of nitriles is 1. The summed E-state index contributed by atoms with van der Waals surface area (Å²) in [5.74, 6) is 0. The predicted octanol–water partition coefficient (Wildman–Crippen LogP) is 1.94. The molecule has 7 heteroatoms. The van der Waals surface area contributed by atoms with Crippen LogP contribution in [0.1, 0.15) is 17.8 Å². The first kappa shape index (κ1) is 15.5. The maximum atomic E-state index is 10.9. The SMILES string of the molecule is CN(C)C=Nc1ccc(C2=CCN(C(=O)O)CC2)nc1C#N. The predicted molar refractivity (Wildman–Crippen MR) is 83.0 cm³/mol. The van der Waals surface area contributed by atoms with Gasteiger partial charge >= 0.3 is 6.09 Å². The average molecular weight is 299 g/mol. The molecule has 0 saturated carbocycles. The highest BCUT2D eigenvalue weighted by Gasteiger charge is 2.18. The minimum atomic E-state index is -0.922. The Morgan fingerprint density at radius 3 is 2.86 bits per heavy atom. The van der Waals surface area contributed by atoms with Crippen molar-refractivity contribution in [2.45, 2.75) is 6.42 Å². The largest absolute Gasteiger partial charge is 0.465 e. The van der Waals surface area contributed by atoms with E-state index in [0.717, 1.165) is 5.57 Å². The van der Waals surface area contributed by atoms with Crippen LogP contribution in [-0.2, 0) is 0 Å². The summed E-state index contributed by atoms with van der Waals surface area (Å²) in [7, 11) is 3.69. The summed E-state index contributed by atoms with van der Waals surface area (Å²) in [5.41, 5.74) is 2.43. The van der Waals surface area contributed by atoms with E-state index in [4.69, 9.17) is 5.11 Å². The molecule has 22 heavy (non-hydrogen) atoms. The van der Waals surface area contributed by atoms with Gasteiger partial charge in [-0.25, -0.2) is 14.8 Å². The molecule has 1 aliphatic rings. The standard InChI is InChI=1S/C15H17N5O2/c1-19(2)10-17-13-4-3-12(18-14(13)9-16)11-5-7-20(8-6-11)15(21)22/h3-5,10H,6-8H2,1-2H3,(H,21,22). The monoisotopic (exact) mass is 299 g/mol. The highest BCUT2D eigenvalue weighted by Crippen LogP contribution is 2.24. The van der Waals surface area contributed by atoms with Crippen LogP contribution in [0.4, 0.5) is 10.5 Å². The van der Waals surface area contributed by atoms with Crippen LogP contribution in [0, 0.1) is 11.3 Å². The average Bonchev–Trinajstić information content (AvgIpc) is 2.52. The molecule has 1 aromatic rings. The first-order chi connectivity index (χ1) is 10.5. The maximum Gasteiger partial charge on any atom is 0.407 e. The molecule has 2 rings (SSSR count). The minimum absolute atomic E-state index is 0.261. The molecule has 0 unspecified atom stereocenters. The molecule has 1 aromatic heterocycles. The van der Waals surface area contributed by atoms with Crippen LogP contribution in [0.25, 0.3) is 5.57 Å². The van der Waals surface area contributed by atoms with Gasteiger partial charge in [0.05, 0.1) is 12.0 Å². The summed E-state index contributed by atoms with van der Waals surface area (Å²) in [6.45, 7) is 0.778. The van der Waals surface area contributed by atoms with Crippen LogP contribution in [0.3, 0.4) is 0 Å². The number of aliphatic imine (C=N–C) groups is 1. The van der Waals surface area contributed by atoms with Gasteiger partial charge in [0.1, 0.15) is 11.8 Å². The van der Waals surface area contributed by atoms with E-state index in [9.17, 15) is 10.1 Å². The first-order valence-electron chi connectivity index (χ1n) is 6.80. The van der Waals surface area contributed by atoms with Crippen molar-refractivity contribution in [2.24, 2.45) is 4.99 Å². The molecule has 2 heterocycles. The molecule has 7 nitrogen and oxygen atoms in total. The van der Waals surface area contributed by atoms with E-state index < -0.39 is 6.09 Å². The lowest BCUT2D eigenvalue weighted by atomic mass is 10.0. The third-order valence-electron chi connectivity index (χ3n) is 3.22. The van der Waals surface area contributed by atoms with E-state index in [2.05, 4.69) is 16.0 Å². The van der Waals surface area contributed by atoms with Crippen LogP contribution in [0.2, 0.25) is 0 Å². The zero-order valence-corrected chi connectivity index (χ0v) is 12.5. The summed E-state index contributed by atoms with van der Waals surface area (Å²) in [6, 6.07) is 5.62. The molecule has 0 bridgehead atoms. The molecule has 1 N–H and O–H groups in total. The highest BCUT2D eigenvalue weighted by atomic mass is 16.4. The zero-order valence-electron chi connectivity index (χ0n) is 12.5. The van der Waals surface area contributed by atoms with E-state index in [0.29, 0.717) is 30.9 Å². The van der Waals surface area contributed by atoms with Gasteiger partial charge in [0.25, 0.3) is 0 Å². The first-order valence-corrected chi connectivity index (χ1v) is 6.80. The molecule has 0 saturated heterocycles. The van der Waals surface area contributed by atoms with Gasteiger partial charge < -0.3 is 14.9 Å². The fourth-order valence-corrected chi connectivity index (χ4v) is 2.07. The maximum absolute atomic E-state index is 10.9. The summed E-state index contributed by atoms with van der Waals surface area (Å²) < 4.78 is 0. The minimum Gasteiger partial charge on any atom is -0.465 e. The summed E-state index contributed by atoms with van der Waals surface area (Å²) in [5, 5.41) is 18.2. The molecule has 0 fully saturated rings. The van der Waals surface area contributed by atoms with Gasteiger partial charge in [-0.05, 0) is 24.1 Å². The molecular weight excluding hydrogens is 282 g/mol. The Bertz CT molecular complexity index is 673. The van der Waals surface area contributed by atoms with Crippen molar-refractivity contribution in [3.63, 3.8) is 0 Å². The van der Waals surface area contributed by atoms with Gasteiger partial charge in [-0.3, -0.25) is 0 Å². The lowest BCUT2D eigenvalue weighted by Gasteiger charge is -2.23. The Hall–Kier alpha value is -2.88. The molecule has 0 aromatic carbocycles. The Kier molecular flexibility index (Phi) is 4.73. The van der Waals surface area contributed by atoms with Crippen molar-refractivity contribution in [3.8, 4) is 6.07 Å². The van der Waals surface area contributed by atoms with E-state index in [1.54, 1.807) is 17.3 Å². The number of hydrogen-bond donors (Lipinski definition) is 1. The Labute approximate surface area is 128 Å². The number of carbonyl (C=O) groups is 1. The van der Waals surface area contributed by atoms with Gasteiger partial charge in [-0.1, -0.05) is 6.08 Å². The Morgan fingerprint density at radius 2 is 2.32 bits per heavy atom. The van der Waals surface area contributed by atoms with Crippen LogP contribution in [0.5, 0.6) is 0 Å². The van der Waals surface area contributed by atoms with Crippen LogP contribution in [0.15, 0.2) is 23.2 Å². The van der Waals surface area contributed by atoms with Crippen LogP contribution in [-0.4, -0.2) is 59.5 Å². The Balaban J connectivity index is 2.24. The van der Waals surface area contributed by atoms with Gasteiger partial charge in [-0.2, -0.15) is 5.26 Å². The molecule has 0 spiro atoms. The van der Waals surface area contributed by atoms with Crippen LogP contribution >= 0.6 is 0 Å². The highest BCUT2D eigenvalue weighted by molar-refractivity contribution is 5.71. The quantitative estimate of drug-likeness (QED) is 0.680. The molecular formula is C15H17N5O2. The Morgan fingerprint density at radius 1 is 1.55 bits per heavy atom. The number of rotatable bonds is 3. The second kappa shape index (κ2) is 6.72. The van der Waals surface area contributed by atoms with E-state index in [1.807, 2.05) is 26.2 Å². The van der Waals surface area contributed by atoms with Gasteiger partial charge in [0, 0.05) is 27.2 Å². The number of hydrogen-bond acceptors (Lipinski definition) is 4. The van der Waals surface area contributed by atoms with Crippen LogP contribution < -0.4 is 0 Å². The fraction of sp³-hybridized carbons (Fsp3) is 0.333. The number of pyridine rings is 1. The normalized spacial score (nSPS) is 14.6. The molecule has 114 valence electrons. The molecule has 1 aliphatic heterocycles. The smallest absolute Gasteiger partial charge is 0.407 e. The molecule has 0 radical (unpaired) electrons. The third kappa shape index (κ3) is 3.61. The number of amides is 1. The van der Waals surface area contributed by atoms with Crippen molar-refractivity contribution in [3.05, 3.63) is 29.6 Å². The van der Waals surface area contributed by atoms with Crippen molar-refractivity contribution in [2.75, 3.05) is 27.2 Å². The summed E-state index contributed by atoms with van der Waals surface area (Å²) in [6.07, 6.45) is 3.12. The molecule has 1 amide bonds. The van der Waals surface area contributed by atoms with E-state index in [-0.39, 0.29) is 5.69 Å². The molecule has 0 atom stereocenters. The van der Waals surface area contributed by atoms with Crippen molar-refractivity contribution in [1.82, 2.24) is 14.8 Å². The number of carboxylic acid groups (broad SMARTS) is 1. The second-order valence-electron chi connectivity index (χ2n) is 5.09. The third-order valence-corrected chi connectivity index (χ3v) is 3.22. The second-order valence-corrected chi connectivity index (χ2v) is 5.09.